The van der Waals surface area contributed by atoms with Gasteiger partial charge in [0.2, 0.25) is 11.8 Å². The Morgan fingerprint density at radius 3 is 1.98 bits per heavy atom. The van der Waals surface area contributed by atoms with E-state index in [2.05, 4.69) is 42.5 Å². The Labute approximate surface area is 349 Å². The van der Waals surface area contributed by atoms with Crippen LogP contribution in [0.5, 0.6) is 0 Å². The number of aliphatic hydroxyl groups is 1. The van der Waals surface area contributed by atoms with Gasteiger partial charge in [-0.2, -0.15) is 33.7 Å². The van der Waals surface area contributed by atoms with Gasteiger partial charge in [-0.1, -0.05) is 26.8 Å². The minimum absolute atomic E-state index is 0.00950. The first-order chi connectivity index (χ1) is 25.6. The van der Waals surface area contributed by atoms with Crippen molar-refractivity contribution in [3.63, 3.8) is 0 Å². The fourth-order valence-corrected chi connectivity index (χ4v) is 8.22. The lowest BCUT2D eigenvalue weighted by atomic mass is 9.64. The van der Waals surface area contributed by atoms with Crippen LogP contribution < -0.4 is 10.6 Å². The number of unbranched alkanes of at least 4 members (excludes halogenated alkanes) is 1. The number of hydrogen-bond acceptors (Lipinski definition) is 11. The monoisotopic (exact) mass is 856 g/mol. The maximum atomic E-state index is 14.0. The summed E-state index contributed by atoms with van der Waals surface area (Å²) in [4.78, 5) is 53.8. The van der Waals surface area contributed by atoms with Crippen LogP contribution in [-0.4, -0.2) is 148 Å². The van der Waals surface area contributed by atoms with Crippen molar-refractivity contribution in [2.75, 3.05) is 92.2 Å². The number of carbonyl (C=O) groups excluding carboxylic acids is 4. The topological polar surface area (TPSA) is 185 Å². The normalized spacial score (nSPS) is 15.2. The fraction of sp³-hybridized carbons (Fsp3) is 0.846. The zero-order valence-corrected chi connectivity index (χ0v) is 38.4. The molecule has 0 rings (SSSR count). The number of likely N-dealkylation sites (N-methyl/N-ethyl adjacent to an activating group) is 2. The maximum absolute atomic E-state index is 14.0. The number of nitrogens with one attached hydrogen (secondary N) is 2. The number of amides is 2. The lowest BCUT2D eigenvalue weighted by Crippen LogP contribution is -2.48. The number of quaternary nitrogens is 2. The number of carbonyl (C=O) groups is 4. The molecule has 0 aromatic carbocycles. The Kier molecular flexibility index (Phi) is 23.9. The summed E-state index contributed by atoms with van der Waals surface area (Å²) in [6, 6.07) is 0. The van der Waals surface area contributed by atoms with E-state index in [1.54, 1.807) is 27.7 Å². The van der Waals surface area contributed by atoms with Crippen molar-refractivity contribution in [3.05, 3.63) is 12.3 Å². The van der Waals surface area contributed by atoms with E-state index in [4.69, 9.17) is 14.0 Å². The van der Waals surface area contributed by atoms with Gasteiger partial charge in [0, 0.05) is 36.5 Å². The molecule has 0 aromatic rings. The Morgan fingerprint density at radius 2 is 1.41 bits per heavy atom. The molecular formula is C39H76N4O10S3+2. The molecule has 0 aliphatic rings. The highest BCUT2D eigenvalue weighted by Crippen LogP contribution is 2.45. The highest BCUT2D eigenvalue weighted by molar-refractivity contribution is 7.85. The summed E-state index contributed by atoms with van der Waals surface area (Å²) < 4.78 is 43.6. The number of esters is 2. The first kappa shape index (κ1) is 53.9. The second kappa shape index (κ2) is 24.8. The highest BCUT2D eigenvalue weighted by Gasteiger charge is 2.49. The summed E-state index contributed by atoms with van der Waals surface area (Å²) in [5, 5.41) is 15.7. The van der Waals surface area contributed by atoms with E-state index in [-0.39, 0.29) is 67.6 Å². The van der Waals surface area contributed by atoms with E-state index in [0.717, 1.165) is 31.4 Å². The molecule has 0 heterocycles. The van der Waals surface area contributed by atoms with E-state index in [1.807, 2.05) is 35.1 Å². The number of aliphatic hydroxyl groups excluding tert-OH is 1. The number of thiol groups is 2. The summed E-state index contributed by atoms with van der Waals surface area (Å²) in [5.41, 5.74) is -3.49. The minimum atomic E-state index is -4.07. The molecule has 2 amide bonds. The highest BCUT2D eigenvalue weighted by atomic mass is 32.2. The Bertz CT molecular complexity index is 1380. The molecule has 0 aliphatic heterocycles. The maximum Gasteiger partial charge on any atom is 0.311 e. The van der Waals surface area contributed by atoms with E-state index < -0.39 is 38.3 Å². The van der Waals surface area contributed by atoms with Crippen molar-refractivity contribution >= 4 is 59.1 Å². The van der Waals surface area contributed by atoms with Crippen LogP contribution in [0.3, 0.4) is 0 Å². The molecule has 0 radical (unpaired) electrons. The van der Waals surface area contributed by atoms with Gasteiger partial charge in [-0.25, -0.2) is 0 Å². The third kappa shape index (κ3) is 23.4. The molecule has 0 aromatic heterocycles. The second-order valence-electron chi connectivity index (χ2n) is 17.8. The van der Waals surface area contributed by atoms with E-state index in [1.165, 1.54) is 0 Å². The molecule has 0 aliphatic carbocycles. The molecule has 0 saturated carbocycles. The second-order valence-corrected chi connectivity index (χ2v) is 20.5. The third-order valence-electron chi connectivity index (χ3n) is 10.2. The molecule has 328 valence electrons. The van der Waals surface area contributed by atoms with Crippen molar-refractivity contribution in [1.29, 1.82) is 0 Å². The van der Waals surface area contributed by atoms with Crippen LogP contribution in [0, 0.1) is 16.2 Å². The van der Waals surface area contributed by atoms with Crippen LogP contribution in [0.4, 0.5) is 0 Å². The van der Waals surface area contributed by atoms with Crippen LogP contribution in [0.15, 0.2) is 12.3 Å². The van der Waals surface area contributed by atoms with Gasteiger partial charge >= 0.3 is 11.9 Å². The quantitative estimate of drug-likeness (QED) is 0.0144. The molecular weight excluding hydrogens is 781 g/mol. The molecule has 0 fully saturated rings. The van der Waals surface area contributed by atoms with Gasteiger partial charge < -0.3 is 34.2 Å². The van der Waals surface area contributed by atoms with Crippen LogP contribution in [0.25, 0.3) is 0 Å². The predicted molar refractivity (Wildman–Crippen MR) is 228 cm³/mol. The Balaban J connectivity index is 5.80. The lowest BCUT2D eigenvalue weighted by Gasteiger charge is -2.40. The SMILES string of the molecule is C=C(O)C[N+](C)(C)CCCNC(=O)C(C)(CC)CC(C)(CC(C)(C)C(=O)OCC[N+](C)(C)CCCS(=O)(=O)O)C(=O)OCCNC(=O)CCCCC(S)CCS. The molecule has 3 unspecified atom stereocenters. The average molecular weight is 857 g/mol. The molecule has 17 heteroatoms. The molecule has 56 heavy (non-hydrogen) atoms. The predicted octanol–water partition coefficient (Wildman–Crippen LogP) is 4.61. The first-order valence-corrected chi connectivity index (χ1v) is 22.5. The summed E-state index contributed by atoms with van der Waals surface area (Å²) in [5.74, 6) is -0.999. The first-order valence-electron chi connectivity index (χ1n) is 19.8. The van der Waals surface area contributed by atoms with Gasteiger partial charge in [-0.3, -0.25) is 23.7 Å². The van der Waals surface area contributed by atoms with Gasteiger partial charge in [-0.05, 0) is 65.0 Å². The summed E-state index contributed by atoms with van der Waals surface area (Å²) in [6.07, 6.45) is 5.13. The molecule has 0 spiro atoms. The molecule has 4 N–H and O–H groups in total. The molecule has 0 bridgehead atoms. The number of rotatable bonds is 31. The van der Waals surface area contributed by atoms with Crippen LogP contribution >= 0.6 is 25.3 Å². The standard InChI is InChI=1S/C39H74N4O10S3/c1-11-38(5,34(46)41-19-14-21-43(9,10)28-31(2)44)30-39(6,36(48)52-24-20-40-33(45)17-13-12-16-32(55)18-26-54)29-37(3,4)35(47)53-25-23-42(7,8)22-15-27-56(49,50)51/h32H,2,11-30H2,1,3-10H3,(H4-2,40,41,44,45,46,49,50,51,54,55)/p+2. The van der Waals surface area contributed by atoms with Crippen LogP contribution in [-0.2, 0) is 38.8 Å². The lowest BCUT2D eigenvalue weighted by molar-refractivity contribution is -0.890. The Morgan fingerprint density at radius 1 is 0.804 bits per heavy atom. The molecule has 14 nitrogen and oxygen atoms in total. The summed E-state index contributed by atoms with van der Waals surface area (Å²) >= 11 is 8.76. The van der Waals surface area contributed by atoms with Crippen molar-refractivity contribution in [1.82, 2.24) is 10.6 Å². The van der Waals surface area contributed by atoms with E-state index in [9.17, 15) is 32.7 Å². The zero-order chi connectivity index (χ0) is 43.4. The number of ether oxygens (including phenoxy) is 2. The van der Waals surface area contributed by atoms with E-state index in [0.29, 0.717) is 61.0 Å². The largest absolute Gasteiger partial charge is 0.507 e. The van der Waals surface area contributed by atoms with E-state index >= 15 is 0 Å². The van der Waals surface area contributed by atoms with Gasteiger partial charge in [0.1, 0.15) is 32.1 Å². The van der Waals surface area contributed by atoms with Crippen LogP contribution in [0.1, 0.15) is 98.8 Å². The number of hydrogen-bond donors (Lipinski definition) is 6. The average Bonchev–Trinajstić information content (AvgIpc) is 3.05. The van der Waals surface area contributed by atoms with Crippen molar-refractivity contribution in [2.45, 2.75) is 104 Å². The minimum Gasteiger partial charge on any atom is -0.507 e. The molecule has 0 saturated heterocycles. The van der Waals surface area contributed by atoms with Crippen molar-refractivity contribution in [3.8, 4) is 0 Å². The number of nitrogens with zero attached hydrogens (tertiary/aromatic N) is 2. The van der Waals surface area contributed by atoms with Gasteiger partial charge in [-0.15, -0.1) is 0 Å². The van der Waals surface area contributed by atoms with Crippen LogP contribution in [0.2, 0.25) is 0 Å². The van der Waals surface area contributed by atoms with Gasteiger partial charge in [0.05, 0.1) is 64.4 Å². The Hall–Kier alpha value is -2.05. The van der Waals surface area contributed by atoms with Crippen molar-refractivity contribution in [2.24, 2.45) is 16.2 Å². The van der Waals surface area contributed by atoms with Crippen molar-refractivity contribution < 1.29 is 55.7 Å². The summed E-state index contributed by atoms with van der Waals surface area (Å²) in [6.45, 7) is 14.7. The van der Waals surface area contributed by atoms with Gasteiger partial charge in [0.15, 0.2) is 0 Å². The van der Waals surface area contributed by atoms with Gasteiger partial charge in [0.25, 0.3) is 10.1 Å². The zero-order valence-electron chi connectivity index (χ0n) is 35.8. The smallest absolute Gasteiger partial charge is 0.311 e. The fourth-order valence-electron chi connectivity index (χ4n) is 6.90. The third-order valence-corrected chi connectivity index (χ3v) is 11.8. The molecule has 3 atom stereocenters. The summed E-state index contributed by atoms with van der Waals surface area (Å²) in [7, 11) is 3.59.